The number of nitrogens with two attached hydrogens (primary N) is 1. The molecule has 0 saturated heterocycles. The monoisotopic (exact) mass is 351 g/mol. The number of carbonyl (C=O) groups excluding carboxylic acids is 2. The summed E-state index contributed by atoms with van der Waals surface area (Å²) in [5.41, 5.74) is 6.00. The second kappa shape index (κ2) is 8.80. The molecule has 1 aliphatic rings. The lowest BCUT2D eigenvalue weighted by atomic mass is 10.1. The maximum Gasteiger partial charge on any atom is 0.243 e. The molecular formula is C18H26FN3O3. The molecule has 2 amide bonds. The Labute approximate surface area is 147 Å². The van der Waals surface area contributed by atoms with Crippen LogP contribution in [0.4, 0.5) is 10.1 Å². The SMILES string of the molecule is CC(C)[C@H](N)C(=O)NCC(=O)Nc1ccc(OC2CCCC2)c(F)c1. The average Bonchev–Trinajstić information content (AvgIpc) is 3.07. The second-order valence-corrected chi connectivity index (χ2v) is 6.71. The Morgan fingerprint density at radius 1 is 1.32 bits per heavy atom. The summed E-state index contributed by atoms with van der Waals surface area (Å²) in [5, 5.41) is 5.00. The quantitative estimate of drug-likeness (QED) is 0.702. The van der Waals surface area contributed by atoms with Gasteiger partial charge in [-0.25, -0.2) is 4.39 Å². The number of ether oxygens (including phenoxy) is 1. The molecule has 1 aromatic rings. The van der Waals surface area contributed by atoms with Crippen molar-refractivity contribution >= 4 is 17.5 Å². The molecule has 1 atom stereocenters. The Balaban J connectivity index is 1.84. The molecule has 138 valence electrons. The summed E-state index contributed by atoms with van der Waals surface area (Å²) >= 11 is 0. The number of benzene rings is 1. The molecular weight excluding hydrogens is 325 g/mol. The summed E-state index contributed by atoms with van der Waals surface area (Å²) in [4.78, 5) is 23.6. The molecule has 1 aliphatic carbocycles. The van der Waals surface area contributed by atoms with Crippen molar-refractivity contribution in [3.05, 3.63) is 24.0 Å². The number of carbonyl (C=O) groups is 2. The van der Waals surface area contributed by atoms with E-state index in [1.54, 1.807) is 6.07 Å². The molecule has 6 nitrogen and oxygen atoms in total. The van der Waals surface area contributed by atoms with E-state index >= 15 is 0 Å². The highest BCUT2D eigenvalue weighted by Crippen LogP contribution is 2.27. The summed E-state index contributed by atoms with van der Waals surface area (Å²) in [6, 6.07) is 3.63. The Hall–Kier alpha value is -2.15. The van der Waals surface area contributed by atoms with E-state index in [0.717, 1.165) is 25.7 Å². The maximum atomic E-state index is 14.1. The van der Waals surface area contributed by atoms with E-state index in [1.165, 1.54) is 12.1 Å². The fourth-order valence-electron chi connectivity index (χ4n) is 2.65. The Kier molecular flexibility index (Phi) is 6.75. The van der Waals surface area contributed by atoms with Crippen LogP contribution >= 0.6 is 0 Å². The van der Waals surface area contributed by atoms with Crippen molar-refractivity contribution in [3.8, 4) is 5.75 Å². The van der Waals surface area contributed by atoms with Crippen molar-refractivity contribution in [1.29, 1.82) is 0 Å². The third-order valence-corrected chi connectivity index (χ3v) is 4.26. The van der Waals surface area contributed by atoms with E-state index in [1.807, 2.05) is 13.8 Å². The highest BCUT2D eigenvalue weighted by Gasteiger charge is 2.19. The third kappa shape index (κ3) is 5.70. The van der Waals surface area contributed by atoms with Gasteiger partial charge < -0.3 is 21.1 Å². The van der Waals surface area contributed by atoms with Crippen LogP contribution < -0.4 is 21.1 Å². The average molecular weight is 351 g/mol. The van der Waals surface area contributed by atoms with Crippen molar-refractivity contribution in [2.45, 2.75) is 51.7 Å². The molecule has 7 heteroatoms. The van der Waals surface area contributed by atoms with Gasteiger partial charge in [0.2, 0.25) is 11.8 Å². The largest absolute Gasteiger partial charge is 0.487 e. The smallest absolute Gasteiger partial charge is 0.243 e. The first-order chi connectivity index (χ1) is 11.9. The van der Waals surface area contributed by atoms with Gasteiger partial charge in [-0.15, -0.1) is 0 Å². The van der Waals surface area contributed by atoms with Gasteiger partial charge in [-0.05, 0) is 43.7 Å². The summed E-state index contributed by atoms with van der Waals surface area (Å²) in [6.45, 7) is 3.42. The van der Waals surface area contributed by atoms with Gasteiger partial charge in [0.25, 0.3) is 0 Å². The maximum absolute atomic E-state index is 14.1. The molecule has 0 aromatic heterocycles. The Bertz CT molecular complexity index is 616. The van der Waals surface area contributed by atoms with Gasteiger partial charge >= 0.3 is 0 Å². The van der Waals surface area contributed by atoms with E-state index < -0.39 is 23.7 Å². The second-order valence-electron chi connectivity index (χ2n) is 6.71. The van der Waals surface area contributed by atoms with E-state index in [2.05, 4.69) is 10.6 Å². The lowest BCUT2D eigenvalue weighted by molar-refractivity contribution is -0.125. The van der Waals surface area contributed by atoms with Crippen LogP contribution in [0.2, 0.25) is 0 Å². The minimum atomic E-state index is -0.669. The van der Waals surface area contributed by atoms with Crippen LogP contribution in [0.3, 0.4) is 0 Å². The zero-order chi connectivity index (χ0) is 18.4. The minimum Gasteiger partial charge on any atom is -0.487 e. The predicted octanol–water partition coefficient (Wildman–Crippen LogP) is 2.19. The molecule has 0 unspecified atom stereocenters. The number of halogens is 1. The molecule has 1 aromatic carbocycles. The van der Waals surface area contributed by atoms with Crippen LogP contribution in [-0.2, 0) is 9.59 Å². The van der Waals surface area contributed by atoms with Gasteiger partial charge in [0.15, 0.2) is 11.6 Å². The van der Waals surface area contributed by atoms with Crippen molar-refractivity contribution in [2.24, 2.45) is 11.7 Å². The zero-order valence-corrected chi connectivity index (χ0v) is 14.7. The number of amides is 2. The summed E-state index contributed by atoms with van der Waals surface area (Å²) < 4.78 is 19.7. The topological polar surface area (TPSA) is 93.5 Å². The van der Waals surface area contributed by atoms with E-state index in [-0.39, 0.29) is 24.3 Å². The van der Waals surface area contributed by atoms with Crippen LogP contribution in [0, 0.1) is 11.7 Å². The Morgan fingerprint density at radius 2 is 2.00 bits per heavy atom. The molecule has 0 radical (unpaired) electrons. The molecule has 25 heavy (non-hydrogen) atoms. The minimum absolute atomic E-state index is 0.0235. The molecule has 0 bridgehead atoms. The van der Waals surface area contributed by atoms with Gasteiger partial charge in [0.05, 0.1) is 18.7 Å². The molecule has 1 fully saturated rings. The number of hydrogen-bond acceptors (Lipinski definition) is 4. The van der Waals surface area contributed by atoms with Crippen molar-refractivity contribution in [3.63, 3.8) is 0 Å². The van der Waals surface area contributed by atoms with Crippen molar-refractivity contribution < 1.29 is 18.7 Å². The number of nitrogens with one attached hydrogen (secondary N) is 2. The first kappa shape index (κ1) is 19.2. The summed E-state index contributed by atoms with van der Waals surface area (Å²) in [5.74, 6) is -1.19. The molecule has 0 aliphatic heterocycles. The zero-order valence-electron chi connectivity index (χ0n) is 14.7. The van der Waals surface area contributed by atoms with Crippen LogP contribution in [0.25, 0.3) is 0 Å². The first-order valence-electron chi connectivity index (χ1n) is 8.66. The van der Waals surface area contributed by atoms with Gasteiger partial charge in [0.1, 0.15) is 0 Å². The fraction of sp³-hybridized carbons (Fsp3) is 0.556. The lowest BCUT2D eigenvalue weighted by Crippen LogP contribution is -2.46. The Morgan fingerprint density at radius 3 is 2.60 bits per heavy atom. The van der Waals surface area contributed by atoms with E-state index in [0.29, 0.717) is 5.69 Å². The van der Waals surface area contributed by atoms with Gasteiger partial charge in [-0.3, -0.25) is 9.59 Å². The number of rotatable bonds is 7. The summed E-state index contributed by atoms with van der Waals surface area (Å²) in [7, 11) is 0. The van der Waals surface area contributed by atoms with E-state index in [4.69, 9.17) is 10.5 Å². The van der Waals surface area contributed by atoms with Crippen LogP contribution in [-0.4, -0.2) is 30.5 Å². The number of anilines is 1. The molecule has 4 N–H and O–H groups in total. The number of hydrogen-bond donors (Lipinski definition) is 3. The molecule has 0 heterocycles. The highest BCUT2D eigenvalue weighted by atomic mass is 19.1. The van der Waals surface area contributed by atoms with E-state index in [9.17, 15) is 14.0 Å². The molecule has 0 spiro atoms. The summed E-state index contributed by atoms with van der Waals surface area (Å²) in [6.07, 6.45) is 4.15. The predicted molar refractivity (Wildman–Crippen MR) is 93.7 cm³/mol. The molecule has 2 rings (SSSR count). The van der Waals surface area contributed by atoms with Crippen molar-refractivity contribution in [2.75, 3.05) is 11.9 Å². The first-order valence-corrected chi connectivity index (χ1v) is 8.66. The standard InChI is InChI=1S/C18H26FN3O3/c1-11(2)17(20)18(24)21-10-16(23)22-12-7-8-15(14(19)9-12)25-13-5-3-4-6-13/h7-9,11,13,17H,3-6,10,20H2,1-2H3,(H,21,24)(H,22,23)/t17-/m0/s1. The fourth-order valence-corrected chi connectivity index (χ4v) is 2.65. The van der Waals surface area contributed by atoms with Crippen molar-refractivity contribution in [1.82, 2.24) is 5.32 Å². The van der Waals surface area contributed by atoms with Gasteiger partial charge in [-0.2, -0.15) is 0 Å². The molecule has 1 saturated carbocycles. The highest BCUT2D eigenvalue weighted by molar-refractivity contribution is 5.95. The van der Waals surface area contributed by atoms with Crippen LogP contribution in [0.15, 0.2) is 18.2 Å². The van der Waals surface area contributed by atoms with Crippen LogP contribution in [0.5, 0.6) is 5.75 Å². The third-order valence-electron chi connectivity index (χ3n) is 4.26. The normalized spacial score (nSPS) is 15.9. The van der Waals surface area contributed by atoms with Gasteiger partial charge in [0, 0.05) is 11.8 Å². The van der Waals surface area contributed by atoms with Crippen LogP contribution in [0.1, 0.15) is 39.5 Å². The van der Waals surface area contributed by atoms with Gasteiger partial charge in [-0.1, -0.05) is 13.8 Å². The lowest BCUT2D eigenvalue weighted by Gasteiger charge is -2.16.